The van der Waals surface area contributed by atoms with Gasteiger partial charge in [-0.3, -0.25) is 0 Å². The van der Waals surface area contributed by atoms with Crippen LogP contribution in [0.5, 0.6) is 0 Å². The second-order valence-corrected chi connectivity index (χ2v) is 8.07. The molecule has 140 valence electrons. The van der Waals surface area contributed by atoms with E-state index in [2.05, 4.69) is 37.8 Å². The molecule has 1 heteroatoms. The van der Waals surface area contributed by atoms with Crippen molar-refractivity contribution in [3.05, 3.63) is 59.9 Å². The Morgan fingerprint density at radius 2 is 1.88 bits per heavy atom. The highest BCUT2D eigenvalue weighted by Crippen LogP contribution is 2.39. The third kappa shape index (κ3) is 4.55. The van der Waals surface area contributed by atoms with E-state index in [4.69, 9.17) is 0 Å². The molecule has 0 aliphatic heterocycles. The van der Waals surface area contributed by atoms with Crippen molar-refractivity contribution < 1.29 is 4.39 Å². The van der Waals surface area contributed by atoms with Crippen molar-refractivity contribution in [3.8, 4) is 0 Å². The van der Waals surface area contributed by atoms with Gasteiger partial charge in [0.1, 0.15) is 5.82 Å². The monoisotopic (exact) mass is 352 g/mol. The van der Waals surface area contributed by atoms with Gasteiger partial charge in [0.25, 0.3) is 0 Å². The highest BCUT2D eigenvalue weighted by atomic mass is 19.1. The number of rotatable bonds is 8. The third-order valence-electron chi connectivity index (χ3n) is 6.18. The molecule has 0 nitrogen and oxygen atoms in total. The summed E-state index contributed by atoms with van der Waals surface area (Å²) in [5, 5.41) is 1.86. The van der Waals surface area contributed by atoms with Crippen molar-refractivity contribution in [1.82, 2.24) is 0 Å². The smallest absolute Gasteiger partial charge is 0.134 e. The van der Waals surface area contributed by atoms with Crippen LogP contribution in [0.3, 0.4) is 0 Å². The maximum Gasteiger partial charge on any atom is 0.134 e. The molecule has 2 aromatic rings. The molecule has 26 heavy (non-hydrogen) atoms. The Bertz CT molecular complexity index is 722. The summed E-state index contributed by atoms with van der Waals surface area (Å²) in [4.78, 5) is 0. The fourth-order valence-electron chi connectivity index (χ4n) is 4.52. The van der Waals surface area contributed by atoms with Crippen LogP contribution in [0, 0.1) is 11.7 Å². The molecule has 0 unspecified atom stereocenters. The lowest BCUT2D eigenvalue weighted by molar-refractivity contribution is 0.308. The maximum atomic E-state index is 15.2. The van der Waals surface area contributed by atoms with Crippen LogP contribution in [0.25, 0.3) is 10.8 Å². The predicted octanol–water partition coefficient (Wildman–Crippen LogP) is 7.95. The Morgan fingerprint density at radius 3 is 2.62 bits per heavy atom. The largest absolute Gasteiger partial charge is 0.206 e. The van der Waals surface area contributed by atoms with Crippen molar-refractivity contribution in [2.45, 2.75) is 77.0 Å². The van der Waals surface area contributed by atoms with Crippen molar-refractivity contribution in [1.29, 1.82) is 0 Å². The number of hydrogen-bond acceptors (Lipinski definition) is 0. The molecule has 0 amide bonds. The van der Waals surface area contributed by atoms with E-state index in [0.717, 1.165) is 47.9 Å². The zero-order valence-electron chi connectivity index (χ0n) is 16.3. The van der Waals surface area contributed by atoms with E-state index in [1.54, 1.807) is 0 Å². The fourth-order valence-corrected chi connectivity index (χ4v) is 4.52. The van der Waals surface area contributed by atoms with Crippen LogP contribution in [0.4, 0.5) is 4.39 Å². The Morgan fingerprint density at radius 1 is 1.08 bits per heavy atom. The van der Waals surface area contributed by atoms with Gasteiger partial charge in [-0.05, 0) is 79.7 Å². The Kier molecular flexibility index (Phi) is 6.88. The van der Waals surface area contributed by atoms with Gasteiger partial charge in [-0.1, -0.05) is 56.2 Å². The molecule has 2 aromatic carbocycles. The van der Waals surface area contributed by atoms with Crippen molar-refractivity contribution in [2.24, 2.45) is 5.92 Å². The number of halogens is 1. The van der Waals surface area contributed by atoms with Crippen LogP contribution in [0.15, 0.2) is 43.0 Å². The Labute approximate surface area is 158 Å². The maximum absolute atomic E-state index is 15.2. The lowest BCUT2D eigenvalue weighted by Gasteiger charge is -2.29. The Hall–Kier alpha value is -1.63. The molecule has 0 saturated heterocycles. The van der Waals surface area contributed by atoms with Crippen LogP contribution in [-0.2, 0) is 6.42 Å². The summed E-state index contributed by atoms with van der Waals surface area (Å²) in [6.07, 6.45) is 13.9. The van der Waals surface area contributed by atoms with E-state index in [0.29, 0.717) is 5.92 Å². The fraction of sp³-hybridized carbons (Fsp3) is 0.520. The first-order valence-electron chi connectivity index (χ1n) is 10.5. The minimum atomic E-state index is 0.0251. The highest BCUT2D eigenvalue weighted by molar-refractivity contribution is 5.84. The molecule has 0 heterocycles. The number of aryl methyl sites for hydroxylation is 1. The summed E-state index contributed by atoms with van der Waals surface area (Å²) < 4.78 is 15.2. The SMILES string of the molecule is C=CCCC1CCC(c2ccc3cc(CCCCC)ccc3c2F)CC1. The van der Waals surface area contributed by atoms with Gasteiger partial charge in [-0.15, -0.1) is 6.58 Å². The Balaban J connectivity index is 1.71. The van der Waals surface area contributed by atoms with Crippen LogP contribution < -0.4 is 0 Å². The summed E-state index contributed by atoms with van der Waals surface area (Å²) in [7, 11) is 0. The van der Waals surface area contributed by atoms with Gasteiger partial charge < -0.3 is 0 Å². The van der Waals surface area contributed by atoms with Crippen LogP contribution in [0.1, 0.15) is 81.8 Å². The molecule has 1 aliphatic rings. The van der Waals surface area contributed by atoms with Gasteiger partial charge >= 0.3 is 0 Å². The van der Waals surface area contributed by atoms with Gasteiger partial charge in [0.2, 0.25) is 0 Å². The van der Waals surface area contributed by atoms with E-state index in [9.17, 15) is 0 Å². The van der Waals surface area contributed by atoms with Gasteiger partial charge in [0, 0.05) is 5.39 Å². The van der Waals surface area contributed by atoms with E-state index < -0.39 is 0 Å². The minimum Gasteiger partial charge on any atom is -0.206 e. The summed E-state index contributed by atoms with van der Waals surface area (Å²) in [6, 6.07) is 10.5. The molecule has 1 aliphatic carbocycles. The van der Waals surface area contributed by atoms with Crippen molar-refractivity contribution in [3.63, 3.8) is 0 Å². The first-order valence-corrected chi connectivity index (χ1v) is 10.5. The highest BCUT2D eigenvalue weighted by Gasteiger charge is 2.24. The summed E-state index contributed by atoms with van der Waals surface area (Å²) in [6.45, 7) is 6.05. The molecular weight excluding hydrogens is 319 g/mol. The lowest BCUT2D eigenvalue weighted by atomic mass is 9.76. The zero-order chi connectivity index (χ0) is 18.4. The number of benzene rings is 2. The molecule has 0 spiro atoms. The molecule has 0 atom stereocenters. The molecule has 0 bridgehead atoms. The number of fused-ring (bicyclic) bond motifs is 1. The zero-order valence-corrected chi connectivity index (χ0v) is 16.3. The second-order valence-electron chi connectivity index (χ2n) is 8.07. The third-order valence-corrected chi connectivity index (χ3v) is 6.18. The summed E-state index contributed by atoms with van der Waals surface area (Å²) in [5.74, 6) is 1.22. The molecule has 1 saturated carbocycles. The van der Waals surface area contributed by atoms with Gasteiger partial charge in [0.15, 0.2) is 0 Å². The van der Waals surface area contributed by atoms with Gasteiger partial charge in [-0.2, -0.15) is 0 Å². The first kappa shape index (κ1) is 19.1. The van der Waals surface area contributed by atoms with Crippen molar-refractivity contribution >= 4 is 10.8 Å². The van der Waals surface area contributed by atoms with E-state index in [1.807, 2.05) is 12.1 Å². The predicted molar refractivity (Wildman–Crippen MR) is 111 cm³/mol. The number of unbranched alkanes of at least 4 members (excludes halogenated alkanes) is 2. The standard InChI is InChI=1S/C25H33F/c1-3-5-7-9-20-12-16-24-22(18-20)15-17-23(25(24)26)21-13-10-19(11-14-21)8-6-4-2/h4,12,15-19,21H,2-3,5-11,13-14H2,1H3. The average molecular weight is 353 g/mol. The van der Waals surface area contributed by atoms with Crippen LogP contribution in [-0.4, -0.2) is 0 Å². The van der Waals surface area contributed by atoms with E-state index >= 15 is 4.39 Å². The summed E-state index contributed by atoms with van der Waals surface area (Å²) in [5.41, 5.74) is 2.28. The molecule has 1 fully saturated rings. The molecule has 3 rings (SSSR count). The second kappa shape index (κ2) is 9.35. The normalized spacial score (nSPS) is 20.4. The molecule has 0 radical (unpaired) electrons. The van der Waals surface area contributed by atoms with E-state index in [-0.39, 0.29) is 5.82 Å². The van der Waals surface area contributed by atoms with Crippen LogP contribution in [0.2, 0.25) is 0 Å². The number of allylic oxidation sites excluding steroid dienone is 1. The van der Waals surface area contributed by atoms with Crippen molar-refractivity contribution in [2.75, 3.05) is 0 Å². The molecule has 0 N–H and O–H groups in total. The van der Waals surface area contributed by atoms with E-state index in [1.165, 1.54) is 44.1 Å². The summed E-state index contributed by atoms with van der Waals surface area (Å²) >= 11 is 0. The molecule has 0 aromatic heterocycles. The van der Waals surface area contributed by atoms with Crippen LogP contribution >= 0.6 is 0 Å². The minimum absolute atomic E-state index is 0.0251. The van der Waals surface area contributed by atoms with Gasteiger partial charge in [-0.25, -0.2) is 4.39 Å². The topological polar surface area (TPSA) is 0 Å². The average Bonchev–Trinajstić information content (AvgIpc) is 2.67. The lowest BCUT2D eigenvalue weighted by Crippen LogP contribution is -2.14. The first-order chi connectivity index (χ1) is 12.7. The quantitative estimate of drug-likeness (QED) is 0.334. The molecular formula is C25H33F. The number of hydrogen-bond donors (Lipinski definition) is 0. The van der Waals surface area contributed by atoms with Gasteiger partial charge in [0.05, 0.1) is 0 Å².